The van der Waals surface area contributed by atoms with E-state index in [0.717, 1.165) is 6.42 Å². The Morgan fingerprint density at radius 2 is 1.84 bits per heavy atom. The summed E-state index contributed by atoms with van der Waals surface area (Å²) in [5.74, 6) is -2.35. The zero-order valence-corrected chi connectivity index (χ0v) is 19.1. The second-order valence-corrected chi connectivity index (χ2v) is 11.1. The molecule has 9 atom stereocenters. The smallest absolute Gasteiger partial charge is 0.316 e. The highest BCUT2D eigenvalue weighted by Gasteiger charge is 2.80. The maximum Gasteiger partial charge on any atom is 0.316 e. The van der Waals surface area contributed by atoms with E-state index in [1.807, 2.05) is 0 Å². The minimum Gasteiger partial charge on any atom is -0.461 e. The molecule has 0 amide bonds. The lowest BCUT2D eigenvalue weighted by molar-refractivity contribution is -0.266. The molecule has 0 aromatic rings. The van der Waals surface area contributed by atoms with Crippen LogP contribution in [0.5, 0.6) is 0 Å². The molecule has 2 spiro atoms. The first-order valence-electron chi connectivity index (χ1n) is 11.5. The SMILES string of the molecule is C=C1[C@@H]2C[C@@H](O)[C@@H]3[C@](C2)(C(=O)O[C@H]2CCC(C)(C)[C@H]4[C@H](OC(C)=O)OC[C@@]243)[C@@H]1OC(C)=O. The van der Waals surface area contributed by atoms with E-state index >= 15 is 0 Å². The topological polar surface area (TPSA) is 108 Å². The third-order valence-corrected chi connectivity index (χ3v) is 8.99. The van der Waals surface area contributed by atoms with Crippen LogP contribution in [0.1, 0.15) is 53.4 Å². The third kappa shape index (κ3) is 2.59. The molecule has 0 radical (unpaired) electrons. The van der Waals surface area contributed by atoms with Gasteiger partial charge in [-0.1, -0.05) is 20.4 Å². The van der Waals surface area contributed by atoms with Gasteiger partial charge in [-0.25, -0.2) is 0 Å². The zero-order chi connectivity index (χ0) is 23.2. The Hall–Kier alpha value is -1.93. The van der Waals surface area contributed by atoms with Crippen LogP contribution in [-0.2, 0) is 33.3 Å². The molecule has 2 bridgehead atoms. The summed E-state index contributed by atoms with van der Waals surface area (Å²) in [4.78, 5) is 37.6. The summed E-state index contributed by atoms with van der Waals surface area (Å²) in [7, 11) is 0. The monoisotopic (exact) mass is 448 g/mol. The molecule has 1 N–H and O–H groups in total. The second kappa shape index (κ2) is 6.79. The van der Waals surface area contributed by atoms with Gasteiger partial charge in [-0.05, 0) is 42.6 Å². The van der Waals surface area contributed by atoms with Crippen LogP contribution in [-0.4, -0.2) is 54.2 Å². The normalized spacial score (nSPS) is 48.2. The van der Waals surface area contributed by atoms with Crippen LogP contribution in [0.4, 0.5) is 0 Å². The number of carbonyl (C=O) groups is 3. The summed E-state index contributed by atoms with van der Waals surface area (Å²) in [5.41, 5.74) is -1.61. The lowest BCUT2D eigenvalue weighted by Gasteiger charge is -2.63. The Kier molecular flexibility index (Phi) is 4.65. The summed E-state index contributed by atoms with van der Waals surface area (Å²) in [6.45, 7) is 11.2. The highest BCUT2D eigenvalue weighted by molar-refractivity contribution is 5.83. The van der Waals surface area contributed by atoms with Gasteiger partial charge in [-0.2, -0.15) is 0 Å². The molecule has 0 aromatic heterocycles. The van der Waals surface area contributed by atoms with E-state index in [9.17, 15) is 19.5 Å². The maximum atomic E-state index is 13.7. The molecular formula is C24H32O8. The fourth-order valence-electron chi connectivity index (χ4n) is 8.13. The van der Waals surface area contributed by atoms with Crippen molar-refractivity contribution in [2.45, 2.75) is 78.0 Å². The van der Waals surface area contributed by atoms with Crippen molar-refractivity contribution in [2.24, 2.45) is 34.0 Å². The van der Waals surface area contributed by atoms with E-state index in [2.05, 4.69) is 20.4 Å². The van der Waals surface area contributed by atoms with E-state index in [1.54, 1.807) is 0 Å². The summed E-state index contributed by atoms with van der Waals surface area (Å²) in [6, 6.07) is 0. The number of aliphatic hydroxyl groups is 1. The molecule has 2 aliphatic heterocycles. The first-order valence-corrected chi connectivity index (χ1v) is 11.5. The van der Waals surface area contributed by atoms with Crippen molar-refractivity contribution in [1.29, 1.82) is 0 Å². The molecule has 8 heteroatoms. The van der Waals surface area contributed by atoms with Crippen LogP contribution >= 0.6 is 0 Å². The van der Waals surface area contributed by atoms with Crippen LogP contribution in [0.3, 0.4) is 0 Å². The van der Waals surface area contributed by atoms with Gasteiger partial charge in [-0.15, -0.1) is 0 Å². The van der Waals surface area contributed by atoms with Crippen LogP contribution in [0.15, 0.2) is 12.2 Å². The second-order valence-electron chi connectivity index (χ2n) is 11.1. The van der Waals surface area contributed by atoms with Crippen LogP contribution < -0.4 is 0 Å². The van der Waals surface area contributed by atoms with Gasteiger partial charge in [-0.3, -0.25) is 14.4 Å². The van der Waals surface area contributed by atoms with Crippen LogP contribution in [0.25, 0.3) is 0 Å². The minimum atomic E-state index is -1.22. The molecule has 176 valence electrons. The maximum absolute atomic E-state index is 13.7. The Morgan fingerprint density at radius 3 is 2.50 bits per heavy atom. The van der Waals surface area contributed by atoms with Crippen molar-refractivity contribution in [3.8, 4) is 0 Å². The molecule has 2 saturated heterocycles. The van der Waals surface area contributed by atoms with Gasteiger partial charge >= 0.3 is 17.9 Å². The van der Waals surface area contributed by atoms with Crippen molar-refractivity contribution in [3.63, 3.8) is 0 Å². The molecule has 0 unspecified atom stereocenters. The van der Waals surface area contributed by atoms with Crippen molar-refractivity contribution in [1.82, 2.24) is 0 Å². The Morgan fingerprint density at radius 1 is 1.16 bits per heavy atom. The highest BCUT2D eigenvalue weighted by atomic mass is 16.7. The number of carbonyl (C=O) groups excluding carboxylic acids is 3. The molecule has 2 heterocycles. The van der Waals surface area contributed by atoms with Crippen molar-refractivity contribution in [3.05, 3.63) is 12.2 Å². The number of hydrogen-bond donors (Lipinski definition) is 1. The first kappa shape index (κ1) is 21.9. The zero-order valence-electron chi connectivity index (χ0n) is 19.1. The van der Waals surface area contributed by atoms with E-state index in [0.29, 0.717) is 24.8 Å². The number of fused-ring (bicyclic) bond motifs is 1. The quantitative estimate of drug-likeness (QED) is 0.389. The average molecular weight is 449 g/mol. The number of esters is 3. The fourth-order valence-corrected chi connectivity index (χ4v) is 8.13. The van der Waals surface area contributed by atoms with Gasteiger partial charge < -0.3 is 24.1 Å². The highest BCUT2D eigenvalue weighted by Crippen LogP contribution is 2.72. The van der Waals surface area contributed by atoms with Gasteiger partial charge in [0.15, 0.2) is 0 Å². The largest absolute Gasteiger partial charge is 0.461 e. The summed E-state index contributed by atoms with van der Waals surface area (Å²) in [6.07, 6.45) is -0.681. The Labute approximate surface area is 187 Å². The van der Waals surface area contributed by atoms with E-state index in [1.165, 1.54) is 13.8 Å². The summed E-state index contributed by atoms with van der Waals surface area (Å²) >= 11 is 0. The van der Waals surface area contributed by atoms with Gasteiger partial charge in [0.25, 0.3) is 0 Å². The van der Waals surface area contributed by atoms with Crippen molar-refractivity contribution < 1.29 is 38.4 Å². The molecule has 0 aromatic carbocycles. The number of hydrogen-bond acceptors (Lipinski definition) is 8. The van der Waals surface area contributed by atoms with E-state index in [-0.39, 0.29) is 23.9 Å². The van der Waals surface area contributed by atoms with E-state index in [4.69, 9.17) is 18.9 Å². The lowest BCUT2D eigenvalue weighted by Crippen LogP contribution is -2.71. The Bertz CT molecular complexity index is 894. The number of ether oxygens (including phenoxy) is 4. The fraction of sp³-hybridized carbons (Fsp3) is 0.792. The summed E-state index contributed by atoms with van der Waals surface area (Å²) < 4.78 is 23.6. The molecule has 3 saturated carbocycles. The first-order chi connectivity index (χ1) is 14.9. The standard InChI is InChI=1S/C24H32O8/c1-11-14-8-15(27)17-23(9-14,19(11)30-12(2)25)21(28)32-16-6-7-22(4,5)18-20(31-13(3)26)29-10-24(16,17)18/h14-20,27H,1,6-10H2,2-5H3/t14-,15-,16+,17-,18-,19-,20+,23+,24+/m1/s1. The number of rotatable bonds is 2. The summed E-state index contributed by atoms with van der Waals surface area (Å²) in [5, 5.41) is 11.5. The molecule has 5 fully saturated rings. The van der Waals surface area contributed by atoms with E-state index < -0.39 is 59.3 Å². The molecule has 5 rings (SSSR count). The molecule has 5 aliphatic rings. The number of aliphatic hydroxyl groups excluding tert-OH is 1. The van der Waals surface area contributed by atoms with Crippen LogP contribution in [0, 0.1) is 34.0 Å². The molecule has 32 heavy (non-hydrogen) atoms. The van der Waals surface area contributed by atoms with Gasteiger partial charge in [0.05, 0.1) is 12.7 Å². The van der Waals surface area contributed by atoms with Gasteiger partial charge in [0.2, 0.25) is 6.29 Å². The average Bonchev–Trinajstić information content (AvgIpc) is 3.15. The van der Waals surface area contributed by atoms with Crippen LogP contribution in [0.2, 0.25) is 0 Å². The van der Waals surface area contributed by atoms with Gasteiger partial charge in [0.1, 0.15) is 17.6 Å². The molecule has 8 nitrogen and oxygen atoms in total. The lowest BCUT2D eigenvalue weighted by atomic mass is 9.43. The van der Waals surface area contributed by atoms with Crippen molar-refractivity contribution >= 4 is 17.9 Å². The Balaban J connectivity index is 1.69. The predicted octanol–water partition coefficient (Wildman–Crippen LogP) is 2.13. The molecule has 3 aliphatic carbocycles. The third-order valence-electron chi connectivity index (χ3n) is 8.99. The van der Waals surface area contributed by atoms with Gasteiger partial charge in [0, 0.05) is 31.1 Å². The van der Waals surface area contributed by atoms with Crippen molar-refractivity contribution in [2.75, 3.05) is 6.61 Å². The predicted molar refractivity (Wildman–Crippen MR) is 110 cm³/mol. The molecular weight excluding hydrogens is 416 g/mol. The minimum absolute atomic E-state index is 0.132.